The van der Waals surface area contributed by atoms with Crippen molar-refractivity contribution >= 4 is 21.7 Å². The van der Waals surface area contributed by atoms with Crippen LogP contribution in [0.3, 0.4) is 0 Å². The molecule has 1 heterocycles. The second-order valence-corrected chi connectivity index (χ2v) is 12.8. The largest absolute Gasteiger partial charge is 0.335 e. The molecule has 170 valence electrons. The quantitative estimate of drug-likeness (QED) is 0.676. The van der Waals surface area contributed by atoms with Crippen molar-refractivity contribution in [3.8, 4) is 0 Å². The second kappa shape index (κ2) is 8.44. The predicted octanol–water partition coefficient (Wildman–Crippen LogP) is 3.01. The first-order valence-corrected chi connectivity index (χ1v) is 13.7. The Morgan fingerprint density at radius 1 is 0.900 bits per heavy atom. The molecule has 0 N–H and O–H groups in total. The molecule has 0 aromatic rings. The van der Waals surface area contributed by atoms with Crippen molar-refractivity contribution < 1.29 is 18.0 Å². The molecular formula is C23H38N2O4S. The fraction of sp³-hybridized carbons (Fsp3) is 0.913. The first-order chi connectivity index (χ1) is 14.2. The van der Waals surface area contributed by atoms with Gasteiger partial charge < -0.3 is 9.80 Å². The van der Waals surface area contributed by atoms with Crippen LogP contribution in [0.1, 0.15) is 78.6 Å². The van der Waals surface area contributed by atoms with Crippen molar-refractivity contribution in [1.29, 1.82) is 0 Å². The minimum Gasteiger partial charge on any atom is -0.335 e. The van der Waals surface area contributed by atoms with Crippen LogP contribution >= 0.6 is 0 Å². The highest BCUT2D eigenvalue weighted by Crippen LogP contribution is 2.44. The molecule has 1 saturated heterocycles. The summed E-state index contributed by atoms with van der Waals surface area (Å²) in [5.41, 5.74) is 0. The number of amides is 2. The molecule has 0 radical (unpaired) electrons. The predicted molar refractivity (Wildman–Crippen MR) is 117 cm³/mol. The monoisotopic (exact) mass is 438 g/mol. The Balaban J connectivity index is 1.47. The zero-order chi connectivity index (χ0) is 21.6. The van der Waals surface area contributed by atoms with Gasteiger partial charge in [0.15, 0.2) is 9.84 Å². The zero-order valence-corrected chi connectivity index (χ0v) is 19.6. The highest BCUT2D eigenvalue weighted by Gasteiger charge is 2.49. The maximum Gasteiger partial charge on any atom is 0.226 e. The molecular weight excluding hydrogens is 400 g/mol. The Labute approximate surface area is 181 Å². The van der Waals surface area contributed by atoms with Crippen LogP contribution in [0.15, 0.2) is 0 Å². The van der Waals surface area contributed by atoms with Gasteiger partial charge in [-0.15, -0.1) is 0 Å². The van der Waals surface area contributed by atoms with Gasteiger partial charge in [-0.3, -0.25) is 9.59 Å². The van der Waals surface area contributed by atoms with Crippen LogP contribution in [-0.4, -0.2) is 65.7 Å². The summed E-state index contributed by atoms with van der Waals surface area (Å²) < 4.78 is 24.5. The zero-order valence-electron chi connectivity index (χ0n) is 18.8. The van der Waals surface area contributed by atoms with E-state index in [0.29, 0.717) is 24.3 Å². The van der Waals surface area contributed by atoms with E-state index in [1.54, 1.807) is 13.8 Å². The van der Waals surface area contributed by atoms with Crippen LogP contribution in [0, 0.1) is 17.8 Å². The summed E-state index contributed by atoms with van der Waals surface area (Å²) >= 11 is 0. The number of nitrogens with zero attached hydrogens (tertiary/aromatic N) is 2. The molecule has 3 unspecified atom stereocenters. The Kier molecular flexibility index (Phi) is 6.21. The Morgan fingerprint density at radius 3 is 2.10 bits per heavy atom. The summed E-state index contributed by atoms with van der Waals surface area (Å²) in [7, 11) is -2.94. The summed E-state index contributed by atoms with van der Waals surface area (Å²) in [6, 6.07) is 0.355. The van der Waals surface area contributed by atoms with Gasteiger partial charge in [-0.05, 0) is 76.5 Å². The van der Waals surface area contributed by atoms with Crippen molar-refractivity contribution in [3.63, 3.8) is 0 Å². The highest BCUT2D eigenvalue weighted by molar-refractivity contribution is 7.92. The molecule has 1 aliphatic heterocycles. The van der Waals surface area contributed by atoms with Crippen molar-refractivity contribution in [2.75, 3.05) is 12.3 Å². The van der Waals surface area contributed by atoms with Gasteiger partial charge in [-0.2, -0.15) is 0 Å². The smallest absolute Gasteiger partial charge is 0.226 e. The average Bonchev–Trinajstić information content (AvgIpc) is 3.57. The van der Waals surface area contributed by atoms with Gasteiger partial charge in [0.25, 0.3) is 0 Å². The van der Waals surface area contributed by atoms with Gasteiger partial charge in [-0.1, -0.05) is 6.92 Å². The lowest BCUT2D eigenvalue weighted by atomic mass is 9.69. The third-order valence-corrected chi connectivity index (χ3v) is 10.7. The molecule has 4 fully saturated rings. The molecule has 4 aliphatic rings. The molecule has 0 bridgehead atoms. The standard InChI is InChI=1S/C23H38N2O4S/c1-4-30(28,29)20-10-7-17(8-11-20)19-9-12-21-22(13-19)24(23(27)18-5-6-18)14-15(2)25(21)16(3)26/h15,17-22H,4-14H2,1-3H3/t15-,17?,19?,20?,21?,22?/m0/s1. The summed E-state index contributed by atoms with van der Waals surface area (Å²) in [6.07, 6.45) is 8.56. The Bertz CT molecular complexity index is 770. The summed E-state index contributed by atoms with van der Waals surface area (Å²) in [5, 5.41) is -0.160. The van der Waals surface area contributed by atoms with Crippen molar-refractivity contribution in [3.05, 3.63) is 0 Å². The minimum absolute atomic E-state index is 0.0812. The topological polar surface area (TPSA) is 74.8 Å². The molecule has 0 aromatic carbocycles. The number of fused-ring (bicyclic) bond motifs is 1. The molecule has 6 nitrogen and oxygen atoms in total. The molecule has 0 aromatic heterocycles. The SMILES string of the molecule is CCS(=O)(=O)C1CCC(C2CCC3C(C2)N(C(=O)C2CC2)C[C@H](C)N3C(C)=O)CC1. The van der Waals surface area contributed by atoms with E-state index in [4.69, 9.17) is 0 Å². The van der Waals surface area contributed by atoms with E-state index in [1.165, 1.54) is 0 Å². The lowest BCUT2D eigenvalue weighted by Gasteiger charge is -2.55. The minimum atomic E-state index is -2.94. The molecule has 3 saturated carbocycles. The number of carbonyl (C=O) groups is 2. The first kappa shape index (κ1) is 22.1. The number of sulfone groups is 1. The first-order valence-electron chi connectivity index (χ1n) is 12.0. The van der Waals surface area contributed by atoms with Crippen molar-refractivity contribution in [2.24, 2.45) is 17.8 Å². The fourth-order valence-corrected chi connectivity index (χ4v) is 8.06. The maximum atomic E-state index is 13.1. The Hall–Kier alpha value is -1.11. The van der Waals surface area contributed by atoms with E-state index in [1.807, 2.05) is 4.90 Å². The Morgan fingerprint density at radius 2 is 1.53 bits per heavy atom. The van der Waals surface area contributed by atoms with Gasteiger partial charge in [0, 0.05) is 31.2 Å². The van der Waals surface area contributed by atoms with E-state index in [0.717, 1.165) is 57.8 Å². The molecule has 4 rings (SSSR count). The molecule has 4 atom stereocenters. The van der Waals surface area contributed by atoms with E-state index in [-0.39, 0.29) is 41.0 Å². The van der Waals surface area contributed by atoms with Gasteiger partial charge >= 0.3 is 0 Å². The molecule has 2 amide bonds. The third-order valence-electron chi connectivity index (χ3n) is 8.38. The van der Waals surface area contributed by atoms with E-state index < -0.39 is 9.84 Å². The van der Waals surface area contributed by atoms with Crippen molar-refractivity contribution in [2.45, 2.75) is 102 Å². The van der Waals surface area contributed by atoms with Gasteiger partial charge in [0.2, 0.25) is 11.8 Å². The summed E-state index contributed by atoms with van der Waals surface area (Å²) in [5.74, 6) is 1.97. The van der Waals surface area contributed by atoms with E-state index in [9.17, 15) is 18.0 Å². The normalized spacial score (nSPS) is 37.6. The van der Waals surface area contributed by atoms with Crippen LogP contribution in [0.5, 0.6) is 0 Å². The van der Waals surface area contributed by atoms with Crippen LogP contribution in [0.25, 0.3) is 0 Å². The number of rotatable bonds is 4. The van der Waals surface area contributed by atoms with Crippen molar-refractivity contribution in [1.82, 2.24) is 9.80 Å². The van der Waals surface area contributed by atoms with E-state index >= 15 is 0 Å². The van der Waals surface area contributed by atoms with Gasteiger partial charge in [0.1, 0.15) is 0 Å². The maximum absolute atomic E-state index is 13.1. The molecule has 0 spiro atoms. The van der Waals surface area contributed by atoms with Crippen LogP contribution in [0.4, 0.5) is 0 Å². The lowest BCUT2D eigenvalue weighted by molar-refractivity contribution is -0.155. The molecule has 30 heavy (non-hydrogen) atoms. The van der Waals surface area contributed by atoms with Crippen LogP contribution in [0.2, 0.25) is 0 Å². The van der Waals surface area contributed by atoms with E-state index in [2.05, 4.69) is 11.8 Å². The lowest BCUT2D eigenvalue weighted by Crippen LogP contribution is -2.67. The van der Waals surface area contributed by atoms with Gasteiger partial charge in [0.05, 0.1) is 17.3 Å². The molecule has 3 aliphatic carbocycles. The number of hydrogen-bond donors (Lipinski definition) is 0. The third kappa shape index (κ3) is 4.15. The molecule has 7 heteroatoms. The average molecular weight is 439 g/mol. The van der Waals surface area contributed by atoms with Crippen LogP contribution < -0.4 is 0 Å². The number of hydrogen-bond acceptors (Lipinski definition) is 4. The van der Waals surface area contributed by atoms with Crippen LogP contribution in [-0.2, 0) is 19.4 Å². The second-order valence-electron chi connectivity index (χ2n) is 10.2. The number of piperazine rings is 1. The highest BCUT2D eigenvalue weighted by atomic mass is 32.2. The van der Waals surface area contributed by atoms with Gasteiger partial charge in [-0.25, -0.2) is 8.42 Å². The fourth-order valence-electron chi connectivity index (χ4n) is 6.60. The number of carbonyl (C=O) groups excluding carboxylic acids is 2. The summed E-state index contributed by atoms with van der Waals surface area (Å²) in [4.78, 5) is 29.6. The summed E-state index contributed by atoms with van der Waals surface area (Å²) in [6.45, 7) is 6.14.